The van der Waals surface area contributed by atoms with Crippen LogP contribution in [0.25, 0.3) is 0 Å². The number of hydrogen-bond acceptors (Lipinski definition) is 4. The Morgan fingerprint density at radius 2 is 1.88 bits per heavy atom. The highest BCUT2D eigenvalue weighted by Gasteiger charge is 2.09. The molecule has 2 amide bonds. The Labute approximate surface area is 160 Å². The van der Waals surface area contributed by atoms with Crippen molar-refractivity contribution < 1.29 is 14.3 Å². The fourth-order valence-corrected chi connectivity index (χ4v) is 2.57. The maximum atomic E-state index is 11.9. The van der Waals surface area contributed by atoms with Gasteiger partial charge in [-0.3, -0.25) is 9.59 Å². The van der Waals surface area contributed by atoms with E-state index < -0.39 is 11.8 Å². The number of hydrogen-bond donors (Lipinski definition) is 2. The number of anilines is 1. The van der Waals surface area contributed by atoms with Crippen LogP contribution in [0.5, 0.6) is 5.75 Å². The van der Waals surface area contributed by atoms with Crippen molar-refractivity contribution in [3.05, 3.63) is 57.6 Å². The van der Waals surface area contributed by atoms with Crippen LogP contribution in [-0.4, -0.2) is 25.1 Å². The molecule has 0 aliphatic carbocycles. The minimum Gasteiger partial charge on any atom is -0.496 e. The molecular formula is C19H20BrN3O3. The number of benzene rings is 2. The van der Waals surface area contributed by atoms with E-state index in [1.54, 1.807) is 25.3 Å². The van der Waals surface area contributed by atoms with Gasteiger partial charge >= 0.3 is 0 Å². The largest absolute Gasteiger partial charge is 0.496 e. The summed E-state index contributed by atoms with van der Waals surface area (Å²) in [6, 6.07) is 11.0. The Hall–Kier alpha value is -2.67. The standard InChI is InChI=1S/C19H20BrN3O3/c1-12-4-6-16(8-13(12)2)22-18(24)10-19(25)23-21-11-14-9-15(20)5-7-17(14)26-3/h4-9,11H,10H2,1-3H3,(H,22,24)(H,23,25). The predicted molar refractivity (Wildman–Crippen MR) is 106 cm³/mol. The fourth-order valence-electron chi connectivity index (χ4n) is 2.19. The third kappa shape index (κ3) is 5.70. The molecule has 0 aliphatic rings. The quantitative estimate of drug-likeness (QED) is 0.428. The zero-order valence-corrected chi connectivity index (χ0v) is 16.4. The summed E-state index contributed by atoms with van der Waals surface area (Å²) < 4.78 is 6.08. The Morgan fingerprint density at radius 1 is 1.12 bits per heavy atom. The number of nitrogens with zero attached hydrogens (tertiary/aromatic N) is 1. The lowest BCUT2D eigenvalue weighted by Crippen LogP contribution is -2.24. The van der Waals surface area contributed by atoms with Crippen LogP contribution < -0.4 is 15.5 Å². The molecule has 2 N–H and O–H groups in total. The normalized spacial score (nSPS) is 10.6. The molecule has 136 valence electrons. The molecule has 0 aliphatic heterocycles. The van der Waals surface area contributed by atoms with Gasteiger partial charge in [0.15, 0.2) is 0 Å². The number of halogens is 1. The average molecular weight is 418 g/mol. The van der Waals surface area contributed by atoms with Crippen LogP contribution in [0.4, 0.5) is 5.69 Å². The fraction of sp³-hybridized carbons (Fsp3) is 0.211. The Morgan fingerprint density at radius 3 is 2.58 bits per heavy atom. The van der Waals surface area contributed by atoms with Crippen molar-refractivity contribution in [2.45, 2.75) is 20.3 Å². The maximum absolute atomic E-state index is 11.9. The molecule has 26 heavy (non-hydrogen) atoms. The lowest BCUT2D eigenvalue weighted by atomic mass is 10.1. The van der Waals surface area contributed by atoms with E-state index in [1.165, 1.54) is 6.21 Å². The molecule has 6 nitrogen and oxygen atoms in total. The van der Waals surface area contributed by atoms with Gasteiger partial charge in [-0.05, 0) is 55.3 Å². The van der Waals surface area contributed by atoms with Crippen LogP contribution in [-0.2, 0) is 9.59 Å². The smallest absolute Gasteiger partial charge is 0.249 e. The van der Waals surface area contributed by atoms with Crippen LogP contribution in [0, 0.1) is 13.8 Å². The van der Waals surface area contributed by atoms with E-state index in [-0.39, 0.29) is 6.42 Å². The molecule has 0 radical (unpaired) electrons. The van der Waals surface area contributed by atoms with Crippen molar-refractivity contribution in [1.82, 2.24) is 5.43 Å². The van der Waals surface area contributed by atoms with Crippen LogP contribution in [0.3, 0.4) is 0 Å². The summed E-state index contributed by atoms with van der Waals surface area (Å²) in [7, 11) is 1.55. The SMILES string of the molecule is COc1ccc(Br)cc1C=NNC(=O)CC(=O)Nc1ccc(C)c(C)c1. The summed E-state index contributed by atoms with van der Waals surface area (Å²) in [4.78, 5) is 23.8. The number of ether oxygens (including phenoxy) is 1. The molecule has 0 aromatic heterocycles. The van der Waals surface area contributed by atoms with Crippen LogP contribution in [0.15, 0.2) is 46.0 Å². The van der Waals surface area contributed by atoms with Gasteiger partial charge in [0.2, 0.25) is 11.8 Å². The summed E-state index contributed by atoms with van der Waals surface area (Å²) in [6.45, 7) is 3.95. The first-order valence-corrected chi connectivity index (χ1v) is 8.71. The molecule has 2 aromatic rings. The van der Waals surface area contributed by atoms with Gasteiger partial charge in [-0.1, -0.05) is 22.0 Å². The highest BCUT2D eigenvalue weighted by Crippen LogP contribution is 2.21. The molecule has 0 saturated heterocycles. The Kier molecular flexibility index (Phi) is 6.91. The van der Waals surface area contributed by atoms with E-state index in [2.05, 4.69) is 31.8 Å². The number of hydrazone groups is 1. The highest BCUT2D eigenvalue weighted by molar-refractivity contribution is 9.10. The van der Waals surface area contributed by atoms with Crippen molar-refractivity contribution in [2.24, 2.45) is 5.10 Å². The molecule has 0 atom stereocenters. The third-order valence-electron chi connectivity index (χ3n) is 3.70. The van der Waals surface area contributed by atoms with Crippen molar-refractivity contribution in [2.75, 3.05) is 12.4 Å². The van der Waals surface area contributed by atoms with E-state index >= 15 is 0 Å². The monoisotopic (exact) mass is 417 g/mol. The predicted octanol–water partition coefficient (Wildman–Crippen LogP) is 3.55. The maximum Gasteiger partial charge on any atom is 0.249 e. The Bertz CT molecular complexity index is 850. The number of nitrogens with one attached hydrogen (secondary N) is 2. The first-order chi connectivity index (χ1) is 12.4. The van der Waals surface area contributed by atoms with E-state index in [0.717, 1.165) is 15.6 Å². The molecule has 0 bridgehead atoms. The molecule has 0 spiro atoms. The lowest BCUT2D eigenvalue weighted by molar-refractivity contribution is -0.126. The summed E-state index contributed by atoms with van der Waals surface area (Å²) in [6.07, 6.45) is 1.14. The number of carbonyl (C=O) groups excluding carboxylic acids is 2. The van der Waals surface area contributed by atoms with Crippen LogP contribution in [0.1, 0.15) is 23.1 Å². The summed E-state index contributed by atoms with van der Waals surface area (Å²) in [5.74, 6) is -0.281. The zero-order valence-electron chi connectivity index (χ0n) is 14.8. The third-order valence-corrected chi connectivity index (χ3v) is 4.19. The number of rotatable bonds is 6. The lowest BCUT2D eigenvalue weighted by Gasteiger charge is -2.07. The molecule has 2 rings (SSSR count). The number of amides is 2. The zero-order chi connectivity index (χ0) is 19.1. The van der Waals surface area contributed by atoms with Gasteiger partial charge in [0.05, 0.1) is 13.3 Å². The number of aryl methyl sites for hydroxylation is 2. The van der Waals surface area contributed by atoms with Gasteiger partial charge in [0.1, 0.15) is 12.2 Å². The first kappa shape index (κ1) is 19.7. The van der Waals surface area contributed by atoms with Gasteiger partial charge in [-0.25, -0.2) is 5.43 Å². The van der Waals surface area contributed by atoms with Crippen LogP contribution >= 0.6 is 15.9 Å². The van der Waals surface area contributed by atoms with Crippen molar-refractivity contribution in [3.8, 4) is 5.75 Å². The molecule has 0 heterocycles. The summed E-state index contributed by atoms with van der Waals surface area (Å²) in [5.41, 5.74) is 5.90. The van der Waals surface area contributed by atoms with Crippen molar-refractivity contribution in [3.63, 3.8) is 0 Å². The topological polar surface area (TPSA) is 79.8 Å². The van der Waals surface area contributed by atoms with Crippen molar-refractivity contribution >= 4 is 39.6 Å². The average Bonchev–Trinajstić information content (AvgIpc) is 2.58. The highest BCUT2D eigenvalue weighted by atomic mass is 79.9. The minimum atomic E-state index is -0.503. The molecule has 7 heteroatoms. The number of carbonyl (C=O) groups is 2. The van der Waals surface area contributed by atoms with Gasteiger partial charge in [-0.15, -0.1) is 0 Å². The van der Waals surface area contributed by atoms with Gasteiger partial charge in [0, 0.05) is 15.7 Å². The second kappa shape index (κ2) is 9.15. The molecule has 0 fully saturated rings. The second-order valence-corrected chi connectivity index (χ2v) is 6.62. The van der Waals surface area contributed by atoms with Gasteiger partial charge in [0.25, 0.3) is 0 Å². The van der Waals surface area contributed by atoms with E-state index in [1.807, 2.05) is 32.0 Å². The molecule has 0 saturated carbocycles. The van der Waals surface area contributed by atoms with E-state index in [9.17, 15) is 9.59 Å². The number of methoxy groups -OCH3 is 1. The molecule has 2 aromatic carbocycles. The first-order valence-electron chi connectivity index (χ1n) is 7.91. The van der Waals surface area contributed by atoms with E-state index in [0.29, 0.717) is 17.0 Å². The molecule has 0 unspecified atom stereocenters. The summed E-state index contributed by atoms with van der Waals surface area (Å²) >= 11 is 3.36. The minimum absolute atomic E-state index is 0.320. The van der Waals surface area contributed by atoms with Crippen LogP contribution in [0.2, 0.25) is 0 Å². The molecular weight excluding hydrogens is 398 g/mol. The Balaban J connectivity index is 1.89. The van der Waals surface area contributed by atoms with Gasteiger partial charge < -0.3 is 10.1 Å². The summed E-state index contributed by atoms with van der Waals surface area (Å²) in [5, 5.41) is 6.57. The van der Waals surface area contributed by atoms with E-state index in [4.69, 9.17) is 4.74 Å². The van der Waals surface area contributed by atoms with Gasteiger partial charge in [-0.2, -0.15) is 5.10 Å². The van der Waals surface area contributed by atoms with Crippen molar-refractivity contribution in [1.29, 1.82) is 0 Å². The second-order valence-electron chi connectivity index (χ2n) is 5.70.